The zero-order valence-electron chi connectivity index (χ0n) is 10.7. The molecular formula is C14H18F2N2. The number of nitrogens with one attached hydrogen (secondary N) is 1. The third kappa shape index (κ3) is 2.88. The number of aromatic nitrogens is 1. The average Bonchev–Trinajstić information content (AvgIpc) is 2.69. The van der Waals surface area contributed by atoms with Crippen molar-refractivity contribution in [1.82, 2.24) is 9.88 Å². The maximum atomic E-state index is 12.4. The Labute approximate surface area is 106 Å². The number of benzene rings is 1. The second kappa shape index (κ2) is 5.48. The van der Waals surface area contributed by atoms with Crippen molar-refractivity contribution in [2.75, 3.05) is 0 Å². The molecule has 4 heteroatoms. The summed E-state index contributed by atoms with van der Waals surface area (Å²) in [6.45, 7) is 4.68. The van der Waals surface area contributed by atoms with Gasteiger partial charge in [0.1, 0.15) is 0 Å². The number of hydrogen-bond acceptors (Lipinski definition) is 1. The van der Waals surface area contributed by atoms with Crippen LogP contribution in [-0.4, -0.2) is 17.0 Å². The molecule has 1 heterocycles. The number of alkyl halides is 2. The monoisotopic (exact) mass is 252 g/mol. The Balaban J connectivity index is 2.30. The lowest BCUT2D eigenvalue weighted by Gasteiger charge is -2.10. The molecule has 0 fully saturated rings. The fourth-order valence-electron chi connectivity index (χ4n) is 2.06. The Morgan fingerprint density at radius 1 is 1.22 bits per heavy atom. The van der Waals surface area contributed by atoms with Crippen LogP contribution >= 0.6 is 0 Å². The molecule has 0 saturated heterocycles. The molecule has 0 spiro atoms. The van der Waals surface area contributed by atoms with E-state index < -0.39 is 6.43 Å². The number of hydrogen-bond donors (Lipinski definition) is 1. The van der Waals surface area contributed by atoms with Gasteiger partial charge in [-0.15, -0.1) is 0 Å². The van der Waals surface area contributed by atoms with Gasteiger partial charge in [0.25, 0.3) is 6.43 Å². The Kier molecular flexibility index (Phi) is 3.97. The molecule has 1 N–H and O–H groups in total. The minimum Gasteiger partial charge on any atom is -0.342 e. The van der Waals surface area contributed by atoms with E-state index in [1.54, 1.807) is 10.8 Å². The first-order valence-electron chi connectivity index (χ1n) is 6.16. The smallest absolute Gasteiger partial charge is 0.256 e. The summed E-state index contributed by atoms with van der Waals surface area (Å²) in [4.78, 5) is 0. The first-order chi connectivity index (χ1) is 8.58. The fourth-order valence-corrected chi connectivity index (χ4v) is 2.06. The quantitative estimate of drug-likeness (QED) is 0.863. The number of fused-ring (bicyclic) bond motifs is 1. The third-order valence-electron chi connectivity index (χ3n) is 2.94. The van der Waals surface area contributed by atoms with Gasteiger partial charge in [-0.05, 0) is 17.7 Å². The molecule has 0 radical (unpaired) electrons. The van der Waals surface area contributed by atoms with Gasteiger partial charge < -0.3 is 9.88 Å². The van der Waals surface area contributed by atoms with Crippen molar-refractivity contribution in [3.8, 4) is 0 Å². The summed E-state index contributed by atoms with van der Waals surface area (Å²) in [5.74, 6) is 0. The lowest BCUT2D eigenvalue weighted by atomic mass is 10.1. The largest absolute Gasteiger partial charge is 0.342 e. The van der Waals surface area contributed by atoms with Crippen LogP contribution in [0.5, 0.6) is 0 Å². The van der Waals surface area contributed by atoms with Crippen molar-refractivity contribution in [2.24, 2.45) is 0 Å². The van der Waals surface area contributed by atoms with Gasteiger partial charge in [0, 0.05) is 29.7 Å². The molecular weight excluding hydrogens is 234 g/mol. The normalized spacial score (nSPS) is 11.9. The second-order valence-electron chi connectivity index (χ2n) is 4.74. The Bertz CT molecular complexity index is 517. The van der Waals surface area contributed by atoms with Gasteiger partial charge in [-0.25, -0.2) is 8.78 Å². The highest BCUT2D eigenvalue weighted by Gasteiger charge is 2.09. The molecule has 0 amide bonds. The van der Waals surface area contributed by atoms with E-state index in [9.17, 15) is 8.78 Å². The average molecular weight is 252 g/mol. The van der Waals surface area contributed by atoms with Crippen LogP contribution in [0, 0.1) is 0 Å². The van der Waals surface area contributed by atoms with Crippen molar-refractivity contribution in [1.29, 1.82) is 0 Å². The van der Waals surface area contributed by atoms with Crippen LogP contribution in [0.1, 0.15) is 19.4 Å². The zero-order chi connectivity index (χ0) is 13.1. The first kappa shape index (κ1) is 13.0. The highest BCUT2D eigenvalue weighted by atomic mass is 19.3. The molecule has 18 heavy (non-hydrogen) atoms. The van der Waals surface area contributed by atoms with E-state index in [-0.39, 0.29) is 6.54 Å². The predicted octanol–water partition coefficient (Wildman–Crippen LogP) is 3.40. The van der Waals surface area contributed by atoms with Crippen molar-refractivity contribution in [2.45, 2.75) is 39.4 Å². The van der Waals surface area contributed by atoms with E-state index in [1.807, 2.05) is 24.3 Å². The van der Waals surface area contributed by atoms with E-state index in [2.05, 4.69) is 19.2 Å². The lowest BCUT2D eigenvalue weighted by molar-refractivity contribution is 0.128. The summed E-state index contributed by atoms with van der Waals surface area (Å²) in [6.07, 6.45) is -0.589. The van der Waals surface area contributed by atoms with Crippen LogP contribution < -0.4 is 5.32 Å². The molecule has 0 aliphatic heterocycles. The van der Waals surface area contributed by atoms with Gasteiger partial charge in [0.15, 0.2) is 0 Å². The van der Waals surface area contributed by atoms with Gasteiger partial charge in [0.2, 0.25) is 0 Å². The van der Waals surface area contributed by atoms with Gasteiger partial charge >= 0.3 is 0 Å². The molecule has 0 bridgehead atoms. The third-order valence-corrected chi connectivity index (χ3v) is 2.94. The van der Waals surface area contributed by atoms with E-state index in [1.165, 1.54) is 0 Å². The van der Waals surface area contributed by atoms with Gasteiger partial charge in [-0.1, -0.05) is 26.0 Å². The molecule has 2 rings (SSSR count). The standard InChI is InChI=1S/C14H18F2N2/c1-10(2)17-8-11-4-3-5-13-12(11)6-7-18(13)9-14(15)16/h3-7,10,14,17H,8-9H2,1-2H3. The fraction of sp³-hybridized carbons (Fsp3) is 0.429. The van der Waals surface area contributed by atoms with Crippen molar-refractivity contribution < 1.29 is 8.78 Å². The minimum absolute atomic E-state index is 0.245. The van der Waals surface area contributed by atoms with Crippen LogP contribution in [0.15, 0.2) is 30.5 Å². The zero-order valence-corrected chi connectivity index (χ0v) is 10.7. The van der Waals surface area contributed by atoms with Gasteiger partial charge in [0.05, 0.1) is 6.54 Å². The van der Waals surface area contributed by atoms with E-state index >= 15 is 0 Å². The summed E-state index contributed by atoms with van der Waals surface area (Å²) < 4.78 is 26.5. The van der Waals surface area contributed by atoms with E-state index in [0.29, 0.717) is 6.04 Å². The highest BCUT2D eigenvalue weighted by Crippen LogP contribution is 2.21. The summed E-state index contributed by atoms with van der Waals surface area (Å²) in [5, 5.41) is 4.39. The van der Waals surface area contributed by atoms with Crippen LogP contribution in [0.25, 0.3) is 10.9 Å². The van der Waals surface area contributed by atoms with Crippen LogP contribution in [0.4, 0.5) is 8.78 Å². The topological polar surface area (TPSA) is 17.0 Å². The second-order valence-corrected chi connectivity index (χ2v) is 4.74. The van der Waals surface area contributed by atoms with Crippen molar-refractivity contribution >= 4 is 10.9 Å². The van der Waals surface area contributed by atoms with Gasteiger partial charge in [-0.2, -0.15) is 0 Å². The number of rotatable bonds is 5. The van der Waals surface area contributed by atoms with Crippen LogP contribution in [0.2, 0.25) is 0 Å². The summed E-state index contributed by atoms with van der Waals surface area (Å²) in [7, 11) is 0. The van der Waals surface area contributed by atoms with Crippen molar-refractivity contribution in [3.05, 3.63) is 36.0 Å². The van der Waals surface area contributed by atoms with E-state index in [0.717, 1.165) is 23.0 Å². The Morgan fingerprint density at radius 2 is 2.00 bits per heavy atom. The summed E-state index contributed by atoms with van der Waals surface area (Å²) in [6, 6.07) is 8.15. The molecule has 1 aromatic carbocycles. The number of nitrogens with zero attached hydrogens (tertiary/aromatic N) is 1. The lowest BCUT2D eigenvalue weighted by Crippen LogP contribution is -2.21. The molecule has 0 unspecified atom stereocenters. The number of halogens is 2. The Hall–Kier alpha value is -1.42. The Morgan fingerprint density at radius 3 is 2.67 bits per heavy atom. The molecule has 98 valence electrons. The molecule has 0 atom stereocenters. The maximum Gasteiger partial charge on any atom is 0.256 e. The maximum absolute atomic E-state index is 12.4. The molecule has 1 aromatic heterocycles. The van der Waals surface area contributed by atoms with Gasteiger partial charge in [-0.3, -0.25) is 0 Å². The van der Waals surface area contributed by atoms with Crippen LogP contribution in [0.3, 0.4) is 0 Å². The molecule has 0 aliphatic carbocycles. The summed E-state index contributed by atoms with van der Waals surface area (Å²) >= 11 is 0. The molecule has 2 nitrogen and oxygen atoms in total. The van der Waals surface area contributed by atoms with Crippen molar-refractivity contribution in [3.63, 3.8) is 0 Å². The minimum atomic E-state index is -2.32. The summed E-state index contributed by atoms with van der Waals surface area (Å²) in [5.41, 5.74) is 2.02. The van der Waals surface area contributed by atoms with Crippen LogP contribution in [-0.2, 0) is 13.1 Å². The first-order valence-corrected chi connectivity index (χ1v) is 6.16. The SMILES string of the molecule is CC(C)NCc1cccc2c1ccn2CC(F)F. The van der Waals surface area contributed by atoms with E-state index in [4.69, 9.17) is 0 Å². The highest BCUT2D eigenvalue weighted by molar-refractivity contribution is 5.83. The molecule has 2 aromatic rings. The molecule has 0 aliphatic rings. The predicted molar refractivity (Wildman–Crippen MR) is 69.9 cm³/mol. The molecule has 0 saturated carbocycles.